The molecule has 1 aromatic heterocycles. The summed E-state index contributed by atoms with van der Waals surface area (Å²) in [6.07, 6.45) is 3.01. The van der Waals surface area contributed by atoms with Crippen molar-refractivity contribution in [3.63, 3.8) is 0 Å². The van der Waals surface area contributed by atoms with Crippen molar-refractivity contribution in [1.82, 2.24) is 25.7 Å². The number of nitrogens with one attached hydrogen (secondary N) is 3. The van der Waals surface area contributed by atoms with E-state index >= 15 is 0 Å². The summed E-state index contributed by atoms with van der Waals surface area (Å²) in [7, 11) is 1.61. The van der Waals surface area contributed by atoms with E-state index in [0.29, 0.717) is 24.7 Å². The number of H-pyrrole nitrogens is 1. The molecule has 30 heavy (non-hydrogen) atoms. The summed E-state index contributed by atoms with van der Waals surface area (Å²) in [6, 6.07) is 5.51. The zero-order valence-corrected chi connectivity index (χ0v) is 17.6. The lowest BCUT2D eigenvalue weighted by atomic mass is 9.96. The second kappa shape index (κ2) is 10.6. The first-order valence-corrected chi connectivity index (χ1v) is 10.3. The van der Waals surface area contributed by atoms with Gasteiger partial charge in [-0.05, 0) is 69.8 Å². The summed E-state index contributed by atoms with van der Waals surface area (Å²) in [4.78, 5) is 26.3. The number of piperidine rings is 1. The molecule has 0 atom stereocenters. The average molecular weight is 412 g/mol. The van der Waals surface area contributed by atoms with Crippen molar-refractivity contribution in [3.05, 3.63) is 23.9 Å². The maximum Gasteiger partial charge on any atom is 0.295 e. The van der Waals surface area contributed by atoms with Gasteiger partial charge in [-0.2, -0.15) is 5.10 Å². The Kier molecular flexibility index (Phi) is 7.69. The second-order valence-corrected chi connectivity index (χ2v) is 7.46. The highest BCUT2D eigenvalue weighted by molar-refractivity contribution is 6.04. The molecule has 1 saturated heterocycles. The average Bonchev–Trinajstić information content (AvgIpc) is 3.19. The number of nitrogens with zero attached hydrogens (tertiary/aromatic N) is 2. The molecule has 0 unspecified atom stereocenters. The highest BCUT2D eigenvalue weighted by Crippen LogP contribution is 2.22. The van der Waals surface area contributed by atoms with E-state index in [1.807, 2.05) is 18.2 Å². The van der Waals surface area contributed by atoms with Crippen LogP contribution in [0.25, 0.3) is 10.9 Å². The first kappa shape index (κ1) is 21.7. The minimum Gasteiger partial charge on any atom is -0.497 e. The molecule has 0 saturated carbocycles. The van der Waals surface area contributed by atoms with Crippen LogP contribution in [-0.4, -0.2) is 66.7 Å². The maximum atomic E-state index is 12.6. The van der Waals surface area contributed by atoms with E-state index < -0.39 is 0 Å². The minimum absolute atomic E-state index is 0.153. The van der Waals surface area contributed by atoms with Crippen molar-refractivity contribution in [1.29, 1.82) is 0 Å². The largest absolute Gasteiger partial charge is 0.497 e. The molecule has 0 radical (unpaired) electrons. The minimum atomic E-state index is -0.212. The Balaban J connectivity index is 1.38. The number of likely N-dealkylation sites (tertiary alicyclic amines) is 1. The predicted octanol–water partition coefficient (Wildman–Crippen LogP) is 1.54. The number of benzene rings is 1. The van der Waals surface area contributed by atoms with E-state index in [4.69, 9.17) is 4.74 Å². The molecule has 2 aromatic rings. The number of amides is 2. The van der Waals surface area contributed by atoms with Gasteiger partial charge in [0, 0.05) is 24.5 Å². The van der Waals surface area contributed by atoms with Crippen LogP contribution >= 0.6 is 0 Å². The summed E-state index contributed by atoms with van der Waals surface area (Å²) >= 11 is 0. The molecule has 0 spiro atoms. The smallest absolute Gasteiger partial charge is 0.295 e. The van der Waals surface area contributed by atoms with E-state index in [1.165, 1.54) is 0 Å². The number of hydrogen-bond donors (Lipinski definition) is 3. The second-order valence-electron chi connectivity index (χ2n) is 7.46. The predicted molar refractivity (Wildman–Crippen MR) is 115 cm³/mol. The molecule has 1 fully saturated rings. The number of rotatable bonds is 8. The SMILES string of the molecule is CC#CC(=O)NCCCN1CCC(CNC(=O)c2n[nH]c3cc(OC)ccc23)CC1. The van der Waals surface area contributed by atoms with Crippen LogP contribution in [0.3, 0.4) is 0 Å². The van der Waals surface area contributed by atoms with Gasteiger partial charge in [0.05, 0.1) is 12.6 Å². The van der Waals surface area contributed by atoms with Crippen LogP contribution in [-0.2, 0) is 4.79 Å². The summed E-state index contributed by atoms with van der Waals surface area (Å²) in [6.45, 7) is 5.93. The lowest BCUT2D eigenvalue weighted by Crippen LogP contribution is -2.39. The van der Waals surface area contributed by atoms with Gasteiger partial charge in [-0.3, -0.25) is 14.7 Å². The van der Waals surface area contributed by atoms with E-state index in [1.54, 1.807) is 14.0 Å². The summed E-state index contributed by atoms with van der Waals surface area (Å²) in [5, 5.41) is 13.7. The Morgan fingerprint density at radius 2 is 2.10 bits per heavy atom. The topological polar surface area (TPSA) is 99.4 Å². The van der Waals surface area contributed by atoms with Crippen LogP contribution in [0.5, 0.6) is 5.75 Å². The van der Waals surface area contributed by atoms with Gasteiger partial charge in [0.2, 0.25) is 0 Å². The number of carbonyl (C=O) groups is 2. The fourth-order valence-corrected chi connectivity index (χ4v) is 3.70. The summed E-state index contributed by atoms with van der Waals surface area (Å²) < 4.78 is 5.20. The third-order valence-electron chi connectivity index (χ3n) is 5.42. The number of methoxy groups -OCH3 is 1. The molecule has 2 amide bonds. The van der Waals surface area contributed by atoms with Gasteiger partial charge in [0.25, 0.3) is 11.8 Å². The van der Waals surface area contributed by atoms with Gasteiger partial charge in [0.15, 0.2) is 5.69 Å². The highest BCUT2D eigenvalue weighted by Gasteiger charge is 2.21. The Morgan fingerprint density at radius 3 is 2.83 bits per heavy atom. The molecule has 0 aliphatic carbocycles. The molecule has 160 valence electrons. The van der Waals surface area contributed by atoms with Crippen LogP contribution in [0, 0.1) is 17.8 Å². The fraction of sp³-hybridized carbons (Fsp3) is 0.500. The normalized spacial score (nSPS) is 14.7. The van der Waals surface area contributed by atoms with Crippen molar-refractivity contribution in [2.45, 2.75) is 26.2 Å². The molecule has 8 heteroatoms. The molecular weight excluding hydrogens is 382 g/mol. The van der Waals surface area contributed by atoms with Crippen molar-refractivity contribution in [2.75, 3.05) is 39.8 Å². The lowest BCUT2D eigenvalue weighted by molar-refractivity contribution is -0.115. The first-order valence-electron chi connectivity index (χ1n) is 10.3. The Morgan fingerprint density at radius 1 is 1.30 bits per heavy atom. The Bertz CT molecular complexity index is 935. The molecule has 1 aliphatic rings. The monoisotopic (exact) mass is 411 g/mol. The molecule has 0 bridgehead atoms. The quantitative estimate of drug-likeness (QED) is 0.452. The summed E-state index contributed by atoms with van der Waals surface area (Å²) in [5.74, 6) is 5.90. The summed E-state index contributed by atoms with van der Waals surface area (Å²) in [5.41, 5.74) is 1.20. The number of aromatic nitrogens is 2. The number of carbonyl (C=O) groups excluding carboxylic acids is 2. The Labute approximate surface area is 176 Å². The molecule has 2 heterocycles. The standard InChI is InChI=1S/C22H29N5O3/c1-3-5-20(28)23-10-4-11-27-12-8-16(9-13-27)15-24-22(29)21-18-7-6-17(30-2)14-19(18)25-26-21/h6-7,14,16H,4,8-13,15H2,1-2H3,(H,23,28)(H,24,29)(H,25,26). The molecular formula is C22H29N5O3. The third-order valence-corrected chi connectivity index (χ3v) is 5.42. The lowest BCUT2D eigenvalue weighted by Gasteiger charge is -2.31. The number of hydrogen-bond acceptors (Lipinski definition) is 5. The molecule has 3 rings (SSSR count). The van der Waals surface area contributed by atoms with E-state index in [2.05, 4.69) is 37.6 Å². The van der Waals surface area contributed by atoms with E-state index in [-0.39, 0.29) is 11.8 Å². The first-order chi connectivity index (χ1) is 14.6. The van der Waals surface area contributed by atoms with Crippen LogP contribution in [0.2, 0.25) is 0 Å². The zero-order valence-electron chi connectivity index (χ0n) is 17.6. The van der Waals surface area contributed by atoms with Gasteiger partial charge in [0.1, 0.15) is 5.75 Å². The zero-order chi connectivity index (χ0) is 21.3. The van der Waals surface area contributed by atoms with E-state index in [9.17, 15) is 9.59 Å². The van der Waals surface area contributed by atoms with Crippen LogP contribution < -0.4 is 15.4 Å². The van der Waals surface area contributed by atoms with Crippen LogP contribution in [0.1, 0.15) is 36.7 Å². The van der Waals surface area contributed by atoms with Crippen molar-refractivity contribution in [3.8, 4) is 17.6 Å². The fourth-order valence-electron chi connectivity index (χ4n) is 3.70. The van der Waals surface area contributed by atoms with Crippen LogP contribution in [0.15, 0.2) is 18.2 Å². The molecule has 8 nitrogen and oxygen atoms in total. The van der Waals surface area contributed by atoms with Crippen molar-refractivity contribution < 1.29 is 14.3 Å². The van der Waals surface area contributed by atoms with Crippen molar-refractivity contribution in [2.24, 2.45) is 5.92 Å². The molecule has 3 N–H and O–H groups in total. The number of ether oxygens (including phenoxy) is 1. The number of aromatic amines is 1. The molecule has 1 aliphatic heterocycles. The highest BCUT2D eigenvalue weighted by atomic mass is 16.5. The van der Waals surface area contributed by atoms with Gasteiger partial charge in [-0.25, -0.2) is 0 Å². The molecule has 1 aromatic carbocycles. The third kappa shape index (κ3) is 5.74. The van der Waals surface area contributed by atoms with Gasteiger partial charge in [-0.1, -0.05) is 5.92 Å². The van der Waals surface area contributed by atoms with Crippen molar-refractivity contribution >= 4 is 22.7 Å². The number of fused-ring (bicyclic) bond motifs is 1. The maximum absolute atomic E-state index is 12.6. The van der Waals surface area contributed by atoms with Gasteiger partial charge < -0.3 is 20.3 Å². The van der Waals surface area contributed by atoms with Gasteiger partial charge in [-0.15, -0.1) is 0 Å². The van der Waals surface area contributed by atoms with Gasteiger partial charge >= 0.3 is 0 Å². The van der Waals surface area contributed by atoms with E-state index in [0.717, 1.165) is 55.5 Å². The van der Waals surface area contributed by atoms with Crippen LogP contribution in [0.4, 0.5) is 0 Å². The Hall–Kier alpha value is -3.05.